The Hall–Kier alpha value is -0.100. The number of esters is 1. The van der Waals surface area contributed by atoms with Crippen LogP contribution in [0.1, 0.15) is 15.9 Å². The smallest absolute Gasteiger partial charge is 0.340 e. The van der Waals surface area contributed by atoms with E-state index < -0.39 is 0 Å². The van der Waals surface area contributed by atoms with Gasteiger partial charge in [0.15, 0.2) is 0 Å². The fourth-order valence-electron chi connectivity index (χ4n) is 0.997. The normalized spacial score (nSPS) is 9.85. The quantitative estimate of drug-likeness (QED) is 0.572. The highest BCUT2D eigenvalue weighted by molar-refractivity contribution is 14.1. The fraction of sp³-hybridized carbons (Fsp3) is 0.222. The second-order valence-electron chi connectivity index (χ2n) is 2.60. The summed E-state index contributed by atoms with van der Waals surface area (Å²) in [6.45, 7) is 1.98. The molecule has 0 saturated heterocycles. The molecule has 0 saturated carbocycles. The van der Waals surface area contributed by atoms with Crippen molar-refractivity contribution in [2.75, 3.05) is 7.11 Å². The molecule has 0 aliphatic carbocycles. The first-order chi connectivity index (χ1) is 6.06. The summed E-state index contributed by atoms with van der Waals surface area (Å²) in [4.78, 5) is 11.3. The average molecular weight is 355 g/mol. The molecule has 13 heavy (non-hydrogen) atoms. The number of hydrogen-bond acceptors (Lipinski definition) is 2. The van der Waals surface area contributed by atoms with Crippen LogP contribution in [0.3, 0.4) is 0 Å². The van der Waals surface area contributed by atoms with E-state index in [1.165, 1.54) is 7.11 Å². The van der Waals surface area contributed by atoms with E-state index in [0.717, 1.165) is 13.6 Å². The van der Waals surface area contributed by atoms with Gasteiger partial charge in [0.1, 0.15) is 0 Å². The maximum atomic E-state index is 11.3. The van der Waals surface area contributed by atoms with Crippen molar-refractivity contribution in [2.24, 2.45) is 0 Å². The van der Waals surface area contributed by atoms with E-state index in [2.05, 4.69) is 43.3 Å². The molecule has 2 nitrogen and oxygen atoms in total. The summed E-state index contributed by atoms with van der Waals surface area (Å²) in [5.74, 6) is -0.309. The van der Waals surface area contributed by atoms with Gasteiger partial charge < -0.3 is 4.74 Å². The zero-order valence-corrected chi connectivity index (χ0v) is 11.0. The molecule has 0 atom stereocenters. The van der Waals surface area contributed by atoms with E-state index in [4.69, 9.17) is 0 Å². The van der Waals surface area contributed by atoms with E-state index in [-0.39, 0.29) is 5.97 Å². The number of halogens is 2. The summed E-state index contributed by atoms with van der Waals surface area (Å²) >= 11 is 5.45. The van der Waals surface area contributed by atoms with E-state index in [9.17, 15) is 4.79 Å². The molecule has 0 unspecified atom stereocenters. The largest absolute Gasteiger partial charge is 0.465 e. The Labute approximate surface area is 98.9 Å². The summed E-state index contributed by atoms with van der Waals surface area (Å²) in [6, 6.07) is 3.84. The van der Waals surface area contributed by atoms with Gasteiger partial charge in [-0.25, -0.2) is 4.79 Å². The lowest BCUT2D eigenvalue weighted by Crippen LogP contribution is -2.05. The Morgan fingerprint density at radius 2 is 2.15 bits per heavy atom. The molecule has 1 aromatic carbocycles. The molecule has 0 N–H and O–H groups in total. The second kappa shape index (κ2) is 4.41. The van der Waals surface area contributed by atoms with Crippen molar-refractivity contribution in [2.45, 2.75) is 6.92 Å². The average Bonchev–Trinajstić information content (AvgIpc) is 2.02. The predicted octanol–water partition coefficient (Wildman–Crippen LogP) is 3.15. The third kappa shape index (κ3) is 2.43. The van der Waals surface area contributed by atoms with Crippen LogP contribution in [0, 0.1) is 10.5 Å². The number of benzene rings is 1. The SMILES string of the molecule is COC(=O)c1c(Br)cc(C)cc1I. The molecule has 70 valence electrons. The van der Waals surface area contributed by atoms with Gasteiger partial charge in [-0.3, -0.25) is 0 Å². The molecule has 1 aromatic rings. The molecule has 0 fully saturated rings. The number of aryl methyl sites for hydroxylation is 1. The van der Waals surface area contributed by atoms with Gasteiger partial charge in [0.05, 0.1) is 12.7 Å². The van der Waals surface area contributed by atoms with E-state index in [1.54, 1.807) is 0 Å². The number of hydrogen-bond donors (Lipinski definition) is 0. The molecule has 0 amide bonds. The first kappa shape index (κ1) is 11.0. The molecule has 0 aromatic heterocycles. The maximum absolute atomic E-state index is 11.3. The molecule has 1 rings (SSSR count). The summed E-state index contributed by atoms with van der Waals surface area (Å²) in [6.07, 6.45) is 0. The predicted molar refractivity (Wildman–Crippen MR) is 62.9 cm³/mol. The van der Waals surface area contributed by atoms with Crippen molar-refractivity contribution in [1.82, 2.24) is 0 Å². The van der Waals surface area contributed by atoms with E-state index in [1.807, 2.05) is 19.1 Å². The highest BCUT2D eigenvalue weighted by atomic mass is 127. The Kier molecular flexibility index (Phi) is 3.73. The summed E-state index contributed by atoms with van der Waals surface area (Å²) in [5.41, 5.74) is 1.71. The Morgan fingerprint density at radius 3 is 2.62 bits per heavy atom. The number of ether oxygens (including phenoxy) is 1. The highest BCUT2D eigenvalue weighted by Crippen LogP contribution is 2.24. The van der Waals surface area contributed by atoms with Crippen LogP contribution in [0.2, 0.25) is 0 Å². The lowest BCUT2D eigenvalue weighted by atomic mass is 10.1. The van der Waals surface area contributed by atoms with Gasteiger partial charge in [-0.2, -0.15) is 0 Å². The molecule has 0 aliphatic rings. The van der Waals surface area contributed by atoms with Crippen molar-refractivity contribution < 1.29 is 9.53 Å². The van der Waals surface area contributed by atoms with Crippen molar-refractivity contribution in [3.05, 3.63) is 31.3 Å². The number of carbonyl (C=O) groups is 1. The Bertz CT molecular complexity index is 326. The van der Waals surface area contributed by atoms with Gasteiger partial charge in [0.25, 0.3) is 0 Å². The topological polar surface area (TPSA) is 26.3 Å². The highest BCUT2D eigenvalue weighted by Gasteiger charge is 2.14. The minimum absolute atomic E-state index is 0.309. The van der Waals surface area contributed by atoms with Crippen LogP contribution < -0.4 is 0 Å². The summed E-state index contributed by atoms with van der Waals surface area (Å²) in [5, 5.41) is 0. The van der Waals surface area contributed by atoms with Crippen molar-refractivity contribution in [3.8, 4) is 0 Å². The summed E-state index contributed by atoms with van der Waals surface area (Å²) < 4.78 is 6.34. The molecule has 0 heterocycles. The van der Waals surface area contributed by atoms with Crippen LogP contribution in [0.4, 0.5) is 0 Å². The monoisotopic (exact) mass is 354 g/mol. The second-order valence-corrected chi connectivity index (χ2v) is 4.61. The zero-order valence-electron chi connectivity index (χ0n) is 7.23. The van der Waals surface area contributed by atoms with Crippen LogP contribution in [-0.4, -0.2) is 13.1 Å². The van der Waals surface area contributed by atoms with Crippen molar-refractivity contribution in [1.29, 1.82) is 0 Å². The van der Waals surface area contributed by atoms with Crippen LogP contribution >= 0.6 is 38.5 Å². The first-order valence-corrected chi connectivity index (χ1v) is 5.47. The third-order valence-electron chi connectivity index (χ3n) is 1.58. The molecule has 0 aliphatic heterocycles. The van der Waals surface area contributed by atoms with Gasteiger partial charge in [0, 0.05) is 8.04 Å². The van der Waals surface area contributed by atoms with Crippen LogP contribution in [0.25, 0.3) is 0 Å². The van der Waals surface area contributed by atoms with Gasteiger partial charge >= 0.3 is 5.97 Å². The molecule has 0 radical (unpaired) electrons. The third-order valence-corrected chi connectivity index (χ3v) is 3.05. The van der Waals surface area contributed by atoms with Gasteiger partial charge in [-0.05, 0) is 63.1 Å². The fourth-order valence-corrected chi connectivity index (χ4v) is 3.11. The van der Waals surface area contributed by atoms with Gasteiger partial charge in [-0.1, -0.05) is 0 Å². The van der Waals surface area contributed by atoms with Gasteiger partial charge in [0.2, 0.25) is 0 Å². The molecule has 0 spiro atoms. The standard InChI is InChI=1S/C9H8BrIO2/c1-5-3-6(10)8(7(11)4-5)9(12)13-2/h3-4H,1-2H3. The van der Waals surface area contributed by atoms with Crippen molar-refractivity contribution in [3.63, 3.8) is 0 Å². The Morgan fingerprint density at radius 1 is 1.54 bits per heavy atom. The molecular formula is C9H8BrIO2. The summed E-state index contributed by atoms with van der Waals surface area (Å²) in [7, 11) is 1.38. The van der Waals surface area contributed by atoms with E-state index >= 15 is 0 Å². The van der Waals surface area contributed by atoms with E-state index in [0.29, 0.717) is 5.56 Å². The molecule has 0 bridgehead atoms. The number of carbonyl (C=O) groups excluding carboxylic acids is 1. The lowest BCUT2D eigenvalue weighted by Gasteiger charge is -2.06. The number of rotatable bonds is 1. The molecule has 4 heteroatoms. The maximum Gasteiger partial charge on any atom is 0.340 e. The van der Waals surface area contributed by atoms with Crippen LogP contribution in [-0.2, 0) is 4.74 Å². The minimum atomic E-state index is -0.309. The number of methoxy groups -OCH3 is 1. The zero-order chi connectivity index (χ0) is 10.0. The Balaban J connectivity index is 3.28. The molecular weight excluding hydrogens is 347 g/mol. The first-order valence-electron chi connectivity index (χ1n) is 3.60. The van der Waals surface area contributed by atoms with Crippen LogP contribution in [0.5, 0.6) is 0 Å². The van der Waals surface area contributed by atoms with Crippen LogP contribution in [0.15, 0.2) is 16.6 Å². The van der Waals surface area contributed by atoms with Crippen molar-refractivity contribution >= 4 is 44.5 Å². The minimum Gasteiger partial charge on any atom is -0.465 e. The van der Waals surface area contributed by atoms with Gasteiger partial charge in [-0.15, -0.1) is 0 Å². The lowest BCUT2D eigenvalue weighted by molar-refractivity contribution is 0.0598.